The van der Waals surface area contributed by atoms with Gasteiger partial charge in [-0.25, -0.2) is 0 Å². The van der Waals surface area contributed by atoms with E-state index in [1.807, 2.05) is 0 Å². The van der Waals surface area contributed by atoms with Gasteiger partial charge in [-0.3, -0.25) is 0 Å². The fourth-order valence-corrected chi connectivity index (χ4v) is 3.36. The van der Waals surface area contributed by atoms with Gasteiger partial charge < -0.3 is 0 Å². The Labute approximate surface area is 149 Å². The zero-order valence-corrected chi connectivity index (χ0v) is 15.5. The standard InChI is InChI=1S/C24H34/c1-2-3-4-5-6-7-8-9-16-21-24(22-17-12-10-13-18-22)23-19-14-11-15-20-23/h10,12-14,17-21H,2-9,11,15-16H2,1H3/b24-21+. The topological polar surface area (TPSA) is 0 Å². The van der Waals surface area contributed by atoms with Gasteiger partial charge in [-0.2, -0.15) is 0 Å². The van der Waals surface area contributed by atoms with Crippen molar-refractivity contribution in [3.8, 4) is 0 Å². The third-order valence-electron chi connectivity index (χ3n) is 4.80. The van der Waals surface area contributed by atoms with Gasteiger partial charge in [0.15, 0.2) is 0 Å². The van der Waals surface area contributed by atoms with Gasteiger partial charge in [0.05, 0.1) is 0 Å². The van der Waals surface area contributed by atoms with Crippen molar-refractivity contribution in [3.63, 3.8) is 0 Å². The van der Waals surface area contributed by atoms with E-state index in [-0.39, 0.29) is 0 Å². The average molecular weight is 323 g/mol. The molecule has 0 fully saturated rings. The summed E-state index contributed by atoms with van der Waals surface area (Å²) in [5, 5.41) is 0. The van der Waals surface area contributed by atoms with E-state index in [0.29, 0.717) is 0 Å². The fourth-order valence-electron chi connectivity index (χ4n) is 3.36. The molecule has 0 spiro atoms. The van der Waals surface area contributed by atoms with Crippen LogP contribution in [0.1, 0.15) is 83.1 Å². The zero-order chi connectivity index (χ0) is 16.9. The second kappa shape index (κ2) is 11.9. The van der Waals surface area contributed by atoms with Crippen molar-refractivity contribution < 1.29 is 0 Å². The Kier molecular flexibility index (Phi) is 9.31. The number of hydrogen-bond donors (Lipinski definition) is 0. The van der Waals surface area contributed by atoms with E-state index in [4.69, 9.17) is 0 Å². The number of unbranched alkanes of at least 4 members (excludes halogenated alkanes) is 8. The first-order valence-electron chi connectivity index (χ1n) is 10.0. The van der Waals surface area contributed by atoms with Gasteiger partial charge in [-0.1, -0.05) is 107 Å². The molecule has 0 heteroatoms. The quantitative estimate of drug-likeness (QED) is 0.363. The van der Waals surface area contributed by atoms with E-state index in [1.165, 1.54) is 87.3 Å². The van der Waals surface area contributed by atoms with Crippen molar-refractivity contribution in [2.24, 2.45) is 0 Å². The second-order valence-corrected chi connectivity index (χ2v) is 6.89. The Morgan fingerprint density at radius 2 is 1.58 bits per heavy atom. The van der Waals surface area contributed by atoms with Crippen LogP contribution in [0, 0.1) is 0 Å². The Hall–Kier alpha value is -1.56. The summed E-state index contributed by atoms with van der Waals surface area (Å²) in [5.74, 6) is 0. The molecule has 0 aliphatic heterocycles. The van der Waals surface area contributed by atoms with Crippen LogP contribution in [0.2, 0.25) is 0 Å². The highest BCUT2D eigenvalue weighted by atomic mass is 14.1. The minimum Gasteiger partial charge on any atom is -0.0836 e. The largest absolute Gasteiger partial charge is 0.0836 e. The highest BCUT2D eigenvalue weighted by Gasteiger charge is 2.07. The third-order valence-corrected chi connectivity index (χ3v) is 4.80. The highest BCUT2D eigenvalue weighted by molar-refractivity contribution is 5.81. The predicted octanol–water partition coefficient (Wildman–Crippen LogP) is 7.88. The lowest BCUT2D eigenvalue weighted by Crippen LogP contribution is -1.91. The molecule has 0 aromatic heterocycles. The predicted molar refractivity (Wildman–Crippen MR) is 108 cm³/mol. The van der Waals surface area contributed by atoms with E-state index >= 15 is 0 Å². The molecule has 24 heavy (non-hydrogen) atoms. The van der Waals surface area contributed by atoms with Crippen LogP contribution in [0.3, 0.4) is 0 Å². The van der Waals surface area contributed by atoms with Gasteiger partial charge in [0.25, 0.3) is 0 Å². The lowest BCUT2D eigenvalue weighted by atomic mass is 9.92. The highest BCUT2D eigenvalue weighted by Crippen LogP contribution is 2.28. The molecule has 0 nitrogen and oxygen atoms in total. The summed E-state index contributed by atoms with van der Waals surface area (Å²) in [5.41, 5.74) is 4.19. The molecule has 130 valence electrons. The summed E-state index contributed by atoms with van der Waals surface area (Å²) in [6.45, 7) is 2.29. The van der Waals surface area contributed by atoms with Crippen LogP contribution >= 0.6 is 0 Å². The van der Waals surface area contributed by atoms with Crippen LogP contribution in [-0.4, -0.2) is 0 Å². The molecule has 0 amide bonds. The maximum Gasteiger partial charge on any atom is -0.0155 e. The van der Waals surface area contributed by atoms with Crippen LogP contribution in [0.15, 0.2) is 60.2 Å². The van der Waals surface area contributed by atoms with Crippen LogP contribution in [0.5, 0.6) is 0 Å². The smallest absolute Gasteiger partial charge is 0.0155 e. The van der Waals surface area contributed by atoms with Gasteiger partial charge in [0.1, 0.15) is 0 Å². The van der Waals surface area contributed by atoms with E-state index in [1.54, 1.807) is 0 Å². The van der Waals surface area contributed by atoms with Crippen molar-refractivity contribution in [2.75, 3.05) is 0 Å². The van der Waals surface area contributed by atoms with Gasteiger partial charge in [-0.05, 0) is 42.4 Å². The number of rotatable bonds is 11. The summed E-state index contributed by atoms with van der Waals surface area (Å²) >= 11 is 0. The maximum absolute atomic E-state index is 2.47. The molecule has 0 saturated heterocycles. The molecule has 0 heterocycles. The molecular weight excluding hydrogens is 288 g/mol. The van der Waals surface area contributed by atoms with E-state index in [0.717, 1.165) is 0 Å². The first-order chi connectivity index (χ1) is 11.9. The molecule has 0 unspecified atom stereocenters. The minimum atomic E-state index is 1.17. The van der Waals surface area contributed by atoms with E-state index in [2.05, 4.69) is 61.6 Å². The van der Waals surface area contributed by atoms with E-state index in [9.17, 15) is 0 Å². The summed E-state index contributed by atoms with van der Waals surface area (Å²) in [6, 6.07) is 10.9. The van der Waals surface area contributed by atoms with Gasteiger partial charge in [0, 0.05) is 0 Å². The summed E-state index contributed by atoms with van der Waals surface area (Å²) in [6.07, 6.45) is 24.2. The Morgan fingerprint density at radius 3 is 2.25 bits per heavy atom. The number of allylic oxidation sites excluding steroid dienone is 6. The minimum absolute atomic E-state index is 1.17. The lowest BCUT2D eigenvalue weighted by molar-refractivity contribution is 0.578. The van der Waals surface area contributed by atoms with Crippen molar-refractivity contribution in [3.05, 3.63) is 65.8 Å². The maximum atomic E-state index is 2.47. The van der Waals surface area contributed by atoms with Crippen LogP contribution in [0.25, 0.3) is 5.57 Å². The SMILES string of the molecule is CCCCCCCCCC/C=C(/C1=CCCC=C1)c1ccccc1. The van der Waals surface area contributed by atoms with Gasteiger partial charge >= 0.3 is 0 Å². The summed E-state index contributed by atoms with van der Waals surface area (Å²) in [7, 11) is 0. The van der Waals surface area contributed by atoms with Crippen LogP contribution in [-0.2, 0) is 0 Å². The van der Waals surface area contributed by atoms with E-state index < -0.39 is 0 Å². The van der Waals surface area contributed by atoms with Crippen LogP contribution in [0.4, 0.5) is 0 Å². The molecule has 0 radical (unpaired) electrons. The monoisotopic (exact) mass is 322 g/mol. The molecule has 1 aromatic rings. The summed E-state index contributed by atoms with van der Waals surface area (Å²) in [4.78, 5) is 0. The Bertz CT molecular complexity index is 530. The average Bonchev–Trinajstić information content (AvgIpc) is 2.65. The second-order valence-electron chi connectivity index (χ2n) is 6.89. The van der Waals surface area contributed by atoms with Crippen LogP contribution < -0.4 is 0 Å². The fraction of sp³-hybridized carbons (Fsp3) is 0.500. The first kappa shape index (κ1) is 18.8. The summed E-state index contributed by atoms with van der Waals surface area (Å²) < 4.78 is 0. The van der Waals surface area contributed by atoms with Crippen molar-refractivity contribution in [1.82, 2.24) is 0 Å². The normalized spacial score (nSPS) is 14.7. The molecule has 0 N–H and O–H groups in total. The Balaban J connectivity index is 1.81. The Morgan fingerprint density at radius 1 is 0.875 bits per heavy atom. The molecule has 1 aliphatic rings. The van der Waals surface area contributed by atoms with Crippen molar-refractivity contribution in [2.45, 2.75) is 77.6 Å². The number of benzene rings is 1. The molecule has 1 aromatic carbocycles. The molecule has 0 atom stereocenters. The lowest BCUT2D eigenvalue weighted by Gasteiger charge is -2.13. The first-order valence-corrected chi connectivity index (χ1v) is 10.0. The molecule has 1 aliphatic carbocycles. The third kappa shape index (κ3) is 6.91. The molecule has 2 rings (SSSR count). The number of hydrogen-bond acceptors (Lipinski definition) is 0. The van der Waals surface area contributed by atoms with Gasteiger partial charge in [-0.15, -0.1) is 0 Å². The zero-order valence-electron chi connectivity index (χ0n) is 15.5. The van der Waals surface area contributed by atoms with Crippen molar-refractivity contribution >= 4 is 5.57 Å². The molecular formula is C24H34. The molecule has 0 bridgehead atoms. The van der Waals surface area contributed by atoms with Gasteiger partial charge in [0.2, 0.25) is 0 Å². The van der Waals surface area contributed by atoms with Crippen molar-refractivity contribution in [1.29, 1.82) is 0 Å². The molecule has 0 saturated carbocycles.